The van der Waals surface area contributed by atoms with Crippen molar-refractivity contribution in [1.29, 1.82) is 0 Å². The van der Waals surface area contributed by atoms with E-state index in [1.807, 2.05) is 12.1 Å². The van der Waals surface area contributed by atoms with Gasteiger partial charge < -0.3 is 10.2 Å². The van der Waals surface area contributed by atoms with Crippen LogP contribution in [0.3, 0.4) is 0 Å². The summed E-state index contributed by atoms with van der Waals surface area (Å²) >= 11 is 0. The average molecular weight is 216 g/mol. The van der Waals surface area contributed by atoms with E-state index in [-0.39, 0.29) is 17.9 Å². The predicted molar refractivity (Wildman–Crippen MR) is 59.1 cm³/mol. The minimum atomic E-state index is -0.278. The van der Waals surface area contributed by atoms with Gasteiger partial charge in [-0.1, -0.05) is 12.1 Å². The quantitative estimate of drug-likeness (QED) is 0.709. The number of benzene rings is 1. The molecule has 1 aromatic carbocycles. The van der Waals surface area contributed by atoms with Crippen LogP contribution in [0.1, 0.15) is 23.2 Å². The second-order valence-corrected chi connectivity index (χ2v) is 4.19. The van der Waals surface area contributed by atoms with E-state index in [0.29, 0.717) is 17.8 Å². The second-order valence-electron chi connectivity index (χ2n) is 4.19. The monoisotopic (exact) mass is 216 g/mol. The molecule has 82 valence electrons. The van der Waals surface area contributed by atoms with Gasteiger partial charge in [0.25, 0.3) is 5.91 Å². The summed E-state index contributed by atoms with van der Waals surface area (Å²) in [6, 6.07) is 6.90. The molecule has 4 nitrogen and oxygen atoms in total. The van der Waals surface area contributed by atoms with E-state index >= 15 is 0 Å². The number of rotatable bonds is 0. The van der Waals surface area contributed by atoms with Gasteiger partial charge in [-0.3, -0.25) is 9.59 Å². The van der Waals surface area contributed by atoms with Crippen molar-refractivity contribution in [2.45, 2.75) is 18.9 Å². The third-order valence-electron chi connectivity index (χ3n) is 3.23. The molecule has 1 fully saturated rings. The Bertz CT molecular complexity index is 470. The first-order valence-electron chi connectivity index (χ1n) is 5.48. The van der Waals surface area contributed by atoms with E-state index in [2.05, 4.69) is 5.32 Å². The molecular weight excluding hydrogens is 204 g/mol. The molecule has 0 spiro atoms. The Hall–Kier alpha value is -1.84. The fourth-order valence-corrected chi connectivity index (χ4v) is 2.43. The fraction of sp³-hybridized carbons (Fsp3) is 0.333. The van der Waals surface area contributed by atoms with E-state index in [0.717, 1.165) is 12.8 Å². The van der Waals surface area contributed by atoms with E-state index < -0.39 is 0 Å². The summed E-state index contributed by atoms with van der Waals surface area (Å²) in [5.74, 6) is -0.0905. The Morgan fingerprint density at radius 1 is 1.25 bits per heavy atom. The molecule has 2 amide bonds. The number of amides is 2. The fourth-order valence-electron chi connectivity index (χ4n) is 2.43. The number of hydrogen-bond donors (Lipinski definition) is 1. The summed E-state index contributed by atoms with van der Waals surface area (Å²) in [6.45, 7) is 0.686. The van der Waals surface area contributed by atoms with Gasteiger partial charge >= 0.3 is 0 Å². The minimum Gasteiger partial charge on any atom is -0.327 e. The molecule has 0 aromatic heterocycles. The Labute approximate surface area is 93.2 Å². The maximum absolute atomic E-state index is 12.2. The van der Waals surface area contributed by atoms with E-state index in [1.54, 1.807) is 17.0 Å². The highest BCUT2D eigenvalue weighted by atomic mass is 16.2. The van der Waals surface area contributed by atoms with Crippen LogP contribution in [0.15, 0.2) is 24.3 Å². The summed E-state index contributed by atoms with van der Waals surface area (Å²) in [4.78, 5) is 25.8. The number of carbonyl (C=O) groups excluding carboxylic acids is 2. The third-order valence-corrected chi connectivity index (χ3v) is 3.23. The lowest BCUT2D eigenvalue weighted by Gasteiger charge is -2.19. The van der Waals surface area contributed by atoms with Crippen LogP contribution < -0.4 is 5.32 Å². The predicted octanol–water partition coefficient (Wildman–Crippen LogP) is 1.24. The highest BCUT2D eigenvalue weighted by Gasteiger charge is 2.37. The Morgan fingerprint density at radius 3 is 2.94 bits per heavy atom. The maximum Gasteiger partial charge on any atom is 0.256 e. The number of hydrogen-bond acceptors (Lipinski definition) is 2. The largest absolute Gasteiger partial charge is 0.327 e. The lowest BCUT2D eigenvalue weighted by molar-refractivity contribution is -0.119. The molecule has 16 heavy (non-hydrogen) atoms. The number of nitrogens with one attached hydrogen (secondary N) is 1. The van der Waals surface area contributed by atoms with Crippen molar-refractivity contribution in [3.63, 3.8) is 0 Å². The highest BCUT2D eigenvalue weighted by Crippen LogP contribution is 2.28. The maximum atomic E-state index is 12.2. The minimum absolute atomic E-state index is 0.0311. The van der Waals surface area contributed by atoms with Crippen LogP contribution in [0.25, 0.3) is 0 Å². The standard InChI is InChI=1S/C12H12N2O2/c15-11-10-6-3-7-14(10)12(16)8-4-1-2-5-9(8)13-11/h1-2,4-5,10H,3,6-7H2,(H,13,15). The van der Waals surface area contributed by atoms with Crippen molar-refractivity contribution in [1.82, 2.24) is 4.90 Å². The Balaban J connectivity index is 2.11. The van der Waals surface area contributed by atoms with Crippen LogP contribution in [0, 0.1) is 0 Å². The van der Waals surface area contributed by atoms with Crippen molar-refractivity contribution in [3.05, 3.63) is 29.8 Å². The molecule has 2 aliphatic heterocycles. The van der Waals surface area contributed by atoms with Crippen molar-refractivity contribution in [3.8, 4) is 0 Å². The van der Waals surface area contributed by atoms with Crippen LogP contribution in [0.4, 0.5) is 5.69 Å². The summed E-state index contributed by atoms with van der Waals surface area (Å²) in [5, 5.41) is 2.82. The molecule has 1 saturated heterocycles. The van der Waals surface area contributed by atoms with Gasteiger partial charge in [-0.15, -0.1) is 0 Å². The summed E-state index contributed by atoms with van der Waals surface area (Å²) < 4.78 is 0. The molecule has 0 radical (unpaired) electrons. The average Bonchev–Trinajstić information content (AvgIpc) is 2.74. The number of carbonyl (C=O) groups is 2. The molecular formula is C12H12N2O2. The van der Waals surface area contributed by atoms with Gasteiger partial charge in [0.1, 0.15) is 6.04 Å². The topological polar surface area (TPSA) is 49.4 Å². The van der Waals surface area contributed by atoms with E-state index in [1.165, 1.54) is 0 Å². The van der Waals surface area contributed by atoms with Gasteiger partial charge in [0.2, 0.25) is 5.91 Å². The van der Waals surface area contributed by atoms with Gasteiger partial charge in [0.05, 0.1) is 11.3 Å². The van der Waals surface area contributed by atoms with E-state index in [4.69, 9.17) is 0 Å². The summed E-state index contributed by atoms with van der Waals surface area (Å²) in [6.07, 6.45) is 1.68. The van der Waals surface area contributed by atoms with Crippen molar-refractivity contribution >= 4 is 17.5 Å². The number of nitrogens with zero attached hydrogens (tertiary/aromatic N) is 1. The molecule has 4 heteroatoms. The molecule has 0 bridgehead atoms. The number of fused-ring (bicyclic) bond motifs is 2. The molecule has 2 heterocycles. The lowest BCUT2D eigenvalue weighted by atomic mass is 10.1. The van der Waals surface area contributed by atoms with Crippen LogP contribution in [-0.4, -0.2) is 29.3 Å². The molecule has 2 aliphatic rings. The SMILES string of the molecule is O=C1Nc2ccccc2C(=O)N2CCCC12. The lowest BCUT2D eigenvalue weighted by Crippen LogP contribution is -2.40. The first-order valence-corrected chi connectivity index (χ1v) is 5.48. The van der Waals surface area contributed by atoms with Crippen molar-refractivity contribution in [2.75, 3.05) is 11.9 Å². The normalized spacial score (nSPS) is 23.5. The summed E-state index contributed by atoms with van der Waals surface area (Å²) in [7, 11) is 0. The van der Waals surface area contributed by atoms with Gasteiger partial charge in [-0.25, -0.2) is 0 Å². The number of para-hydroxylation sites is 1. The third kappa shape index (κ3) is 1.23. The van der Waals surface area contributed by atoms with Crippen LogP contribution in [-0.2, 0) is 4.79 Å². The van der Waals surface area contributed by atoms with Gasteiger partial charge in [0, 0.05) is 6.54 Å². The van der Waals surface area contributed by atoms with Gasteiger partial charge in [-0.05, 0) is 25.0 Å². The first kappa shape index (κ1) is 9.39. The Morgan fingerprint density at radius 2 is 2.06 bits per heavy atom. The van der Waals surface area contributed by atoms with E-state index in [9.17, 15) is 9.59 Å². The van der Waals surface area contributed by atoms with Crippen LogP contribution in [0.5, 0.6) is 0 Å². The molecule has 1 aromatic rings. The van der Waals surface area contributed by atoms with Gasteiger partial charge in [0.15, 0.2) is 0 Å². The zero-order valence-electron chi connectivity index (χ0n) is 8.77. The van der Waals surface area contributed by atoms with Crippen LogP contribution in [0.2, 0.25) is 0 Å². The van der Waals surface area contributed by atoms with Gasteiger partial charge in [-0.2, -0.15) is 0 Å². The molecule has 3 rings (SSSR count). The summed E-state index contributed by atoms with van der Waals surface area (Å²) in [5.41, 5.74) is 1.23. The van der Waals surface area contributed by atoms with Crippen molar-refractivity contribution in [2.24, 2.45) is 0 Å². The zero-order chi connectivity index (χ0) is 11.1. The Kier molecular flexibility index (Phi) is 1.96. The molecule has 1 unspecified atom stereocenters. The molecule has 0 saturated carbocycles. The highest BCUT2D eigenvalue weighted by molar-refractivity contribution is 6.10. The smallest absolute Gasteiger partial charge is 0.256 e. The zero-order valence-corrected chi connectivity index (χ0v) is 8.77. The second kappa shape index (κ2) is 3.33. The number of anilines is 1. The van der Waals surface area contributed by atoms with Crippen molar-refractivity contribution < 1.29 is 9.59 Å². The molecule has 1 atom stereocenters. The first-order chi connectivity index (χ1) is 7.77. The molecule has 0 aliphatic carbocycles. The van der Waals surface area contributed by atoms with Crippen LogP contribution >= 0.6 is 0 Å². The molecule has 1 N–H and O–H groups in total.